The number of hydrogen-bond acceptors (Lipinski definition) is 11. The number of amides is 1. The van der Waals surface area contributed by atoms with Crippen molar-refractivity contribution in [2.45, 2.75) is 25.8 Å². The van der Waals surface area contributed by atoms with Gasteiger partial charge in [-0.15, -0.1) is 11.3 Å². The number of carbonyl (C=O) groups excluding carboxylic acids is 2. The van der Waals surface area contributed by atoms with Crippen LogP contribution in [-0.4, -0.2) is 111 Å². The average molecular weight is 740 g/mol. The van der Waals surface area contributed by atoms with E-state index in [1.54, 1.807) is 11.1 Å². The lowest BCUT2D eigenvalue weighted by Gasteiger charge is -2.32. The van der Waals surface area contributed by atoms with Gasteiger partial charge in [0.2, 0.25) is 6.41 Å². The predicted octanol–water partition coefficient (Wildman–Crippen LogP) is 4.67. The van der Waals surface area contributed by atoms with E-state index in [0.717, 1.165) is 17.8 Å². The van der Waals surface area contributed by atoms with Gasteiger partial charge in [-0.1, -0.05) is 24.6 Å². The number of piperidine rings is 1. The number of rotatable bonds is 16. The van der Waals surface area contributed by atoms with Crippen LogP contribution in [0.2, 0.25) is 5.02 Å². The zero-order valence-corrected chi connectivity index (χ0v) is 30.5. The number of carboxylic acids is 1. The van der Waals surface area contributed by atoms with Crippen molar-refractivity contribution in [1.29, 1.82) is 0 Å². The number of ether oxygens (including phenoxy) is 1. The molecule has 51 heavy (non-hydrogen) atoms. The van der Waals surface area contributed by atoms with Gasteiger partial charge in [0.15, 0.2) is 10.8 Å². The number of carbonyl (C=O) groups is 3. The van der Waals surface area contributed by atoms with Crippen LogP contribution in [0, 0.1) is 11.7 Å². The van der Waals surface area contributed by atoms with Crippen LogP contribution in [0.1, 0.15) is 36.4 Å². The molecule has 1 fully saturated rings. The number of nitrogens with one attached hydrogen (secondary N) is 1. The summed E-state index contributed by atoms with van der Waals surface area (Å²) in [7, 11) is 3.31. The molecule has 5 rings (SSSR count). The number of aliphatic imine (C=N–C) groups is 1. The molecule has 0 saturated carbocycles. The van der Waals surface area contributed by atoms with Crippen LogP contribution >= 0.6 is 22.9 Å². The second kappa shape index (κ2) is 17.7. The number of esters is 1. The molecular formula is C36H43ClFN7O5S. The molecule has 15 heteroatoms. The molecule has 272 valence electrons. The summed E-state index contributed by atoms with van der Waals surface area (Å²) in [6.45, 7) is 6.93. The molecule has 3 aromatic rings. The first-order valence-corrected chi connectivity index (χ1v) is 18.1. The predicted molar refractivity (Wildman–Crippen MR) is 197 cm³/mol. The van der Waals surface area contributed by atoms with Gasteiger partial charge in [0.1, 0.15) is 11.9 Å². The summed E-state index contributed by atoms with van der Waals surface area (Å²) in [5.74, 6) is -1.60. The number of nitrogens with zero attached hydrogens (tertiary/aromatic N) is 6. The Morgan fingerprint density at radius 1 is 1.14 bits per heavy atom. The van der Waals surface area contributed by atoms with Gasteiger partial charge in [-0.25, -0.2) is 14.2 Å². The lowest BCUT2D eigenvalue weighted by molar-refractivity contribution is -0.142. The molecule has 2 aliphatic heterocycles. The number of carboxylic acid groups (broad SMARTS) is 1. The van der Waals surface area contributed by atoms with E-state index in [0.29, 0.717) is 87.3 Å². The van der Waals surface area contributed by atoms with Gasteiger partial charge in [-0.05, 0) is 62.8 Å². The van der Waals surface area contributed by atoms with Gasteiger partial charge in [0, 0.05) is 85.0 Å². The Bertz CT molecular complexity index is 1730. The highest BCUT2D eigenvalue weighted by atomic mass is 35.5. The van der Waals surface area contributed by atoms with Crippen LogP contribution in [0.15, 0.2) is 70.3 Å². The molecule has 0 aliphatic carbocycles. The van der Waals surface area contributed by atoms with Crippen LogP contribution in [-0.2, 0) is 19.1 Å². The Morgan fingerprint density at radius 3 is 2.47 bits per heavy atom. The monoisotopic (exact) mass is 739 g/mol. The Morgan fingerprint density at radius 2 is 1.86 bits per heavy atom. The van der Waals surface area contributed by atoms with Gasteiger partial charge in [-0.3, -0.25) is 19.5 Å². The van der Waals surface area contributed by atoms with E-state index >= 15 is 0 Å². The molecule has 0 radical (unpaired) electrons. The third-order valence-electron chi connectivity index (χ3n) is 9.29. The topological polar surface area (TPSA) is 131 Å². The first-order valence-electron chi connectivity index (χ1n) is 16.8. The second-order valence-corrected chi connectivity index (χ2v) is 13.8. The van der Waals surface area contributed by atoms with Crippen LogP contribution in [0.4, 0.5) is 15.8 Å². The Labute approximate surface area is 306 Å². The van der Waals surface area contributed by atoms with Crippen molar-refractivity contribution in [3.63, 3.8) is 0 Å². The first-order chi connectivity index (χ1) is 24.6. The largest absolute Gasteiger partial charge is 0.481 e. The number of anilines is 2. The number of halogens is 2. The Kier molecular flexibility index (Phi) is 13.2. The average Bonchev–Trinajstić information content (AvgIpc) is 3.69. The van der Waals surface area contributed by atoms with Crippen LogP contribution in [0.25, 0.3) is 0 Å². The zero-order chi connectivity index (χ0) is 36.5. The number of aliphatic carboxylic acids is 1. The maximum atomic E-state index is 14.0. The quantitative estimate of drug-likeness (QED) is 0.158. The Balaban J connectivity index is 1.23. The van der Waals surface area contributed by atoms with Crippen molar-refractivity contribution in [2.75, 3.05) is 76.3 Å². The van der Waals surface area contributed by atoms with Crippen LogP contribution in [0.5, 0.6) is 0 Å². The van der Waals surface area contributed by atoms with E-state index in [9.17, 15) is 23.9 Å². The third kappa shape index (κ3) is 9.50. The van der Waals surface area contributed by atoms with Gasteiger partial charge in [0.05, 0.1) is 18.6 Å². The van der Waals surface area contributed by atoms with Crippen LogP contribution < -0.4 is 15.1 Å². The molecule has 1 aromatic heterocycles. The van der Waals surface area contributed by atoms with E-state index in [4.69, 9.17) is 21.3 Å². The summed E-state index contributed by atoms with van der Waals surface area (Å²) in [5, 5.41) is 15.2. The molecule has 2 N–H and O–H groups in total. The van der Waals surface area contributed by atoms with E-state index in [1.165, 1.54) is 36.6 Å². The minimum atomic E-state index is -0.838. The highest BCUT2D eigenvalue weighted by Crippen LogP contribution is 2.37. The number of aromatic nitrogens is 1. The molecule has 12 nitrogen and oxygen atoms in total. The van der Waals surface area contributed by atoms with Gasteiger partial charge in [-0.2, -0.15) is 0 Å². The number of likely N-dealkylation sites (N-methyl/N-ethyl adjacent to an activating group) is 2. The highest BCUT2D eigenvalue weighted by Gasteiger charge is 2.34. The lowest BCUT2D eigenvalue weighted by atomic mass is 9.95. The standard InChI is InChI=1S/C36H43ClFN7O5S/c1-4-43(18-16-42(2)17-19-45(23-46)27-8-6-26(7-9-27)44-14-11-24(12-15-44)35(47)48)22-30-31(36(49)50-3)32(28-10-5-25(38)21-29(28)37)41-33(40-30)34-39-13-20-51-34/h5-10,13,20-21,23-24,32H,4,11-12,14-19,22H2,1-3H3,(H,40,41)(H,47,48)/t32-/m0/s1. The van der Waals surface area contributed by atoms with Crippen molar-refractivity contribution in [1.82, 2.24) is 20.1 Å². The molecule has 1 atom stereocenters. The van der Waals surface area contributed by atoms with Gasteiger partial charge in [0.25, 0.3) is 0 Å². The number of thiazole rings is 1. The van der Waals surface area contributed by atoms with Crippen LogP contribution in [0.3, 0.4) is 0 Å². The summed E-state index contributed by atoms with van der Waals surface area (Å²) in [5.41, 5.74) is 3.16. The smallest absolute Gasteiger partial charge is 0.338 e. The molecule has 0 unspecified atom stereocenters. The fraction of sp³-hybridized carbons (Fsp3) is 0.417. The normalized spacial score (nSPS) is 16.6. The number of amidine groups is 1. The molecule has 0 spiro atoms. The number of benzene rings is 2. The SMILES string of the molecule is CCN(CCN(C)CCN(C=O)c1ccc(N2CCC(C(=O)O)CC2)cc1)CC1=C(C(=O)OC)[C@H](c2ccc(F)cc2Cl)N=C(c2nccs2)N1. The second-order valence-electron chi connectivity index (χ2n) is 12.5. The minimum absolute atomic E-state index is 0.150. The summed E-state index contributed by atoms with van der Waals surface area (Å²) in [6, 6.07) is 11.0. The molecule has 1 saturated heterocycles. The third-order valence-corrected chi connectivity index (χ3v) is 10.4. The molecule has 3 heterocycles. The summed E-state index contributed by atoms with van der Waals surface area (Å²) in [6.07, 6.45) is 3.74. The molecule has 2 aliphatic rings. The molecular weight excluding hydrogens is 697 g/mol. The van der Waals surface area contributed by atoms with E-state index in [1.807, 2.05) is 43.6 Å². The van der Waals surface area contributed by atoms with Crippen molar-refractivity contribution in [2.24, 2.45) is 10.9 Å². The fourth-order valence-electron chi connectivity index (χ4n) is 6.23. The zero-order valence-electron chi connectivity index (χ0n) is 28.9. The number of methoxy groups -OCH3 is 1. The van der Waals surface area contributed by atoms with Crippen molar-refractivity contribution in [3.8, 4) is 0 Å². The van der Waals surface area contributed by atoms with E-state index in [-0.39, 0.29) is 16.5 Å². The van der Waals surface area contributed by atoms with E-state index < -0.39 is 23.8 Å². The minimum Gasteiger partial charge on any atom is -0.481 e. The molecule has 0 bridgehead atoms. The van der Waals surface area contributed by atoms with Crippen molar-refractivity contribution in [3.05, 3.63) is 86.7 Å². The summed E-state index contributed by atoms with van der Waals surface area (Å²) >= 11 is 7.89. The fourth-order valence-corrected chi connectivity index (χ4v) is 7.08. The lowest BCUT2D eigenvalue weighted by Crippen LogP contribution is -2.42. The van der Waals surface area contributed by atoms with Gasteiger partial charge < -0.3 is 29.9 Å². The molecule has 1 amide bonds. The maximum absolute atomic E-state index is 14.0. The van der Waals surface area contributed by atoms with E-state index in [2.05, 4.69) is 25.0 Å². The maximum Gasteiger partial charge on any atom is 0.338 e. The van der Waals surface area contributed by atoms with Gasteiger partial charge >= 0.3 is 11.9 Å². The van der Waals surface area contributed by atoms with Crippen molar-refractivity contribution >= 4 is 58.5 Å². The molecule has 2 aromatic carbocycles. The summed E-state index contributed by atoms with van der Waals surface area (Å²) in [4.78, 5) is 54.1. The van der Waals surface area contributed by atoms with Crippen molar-refractivity contribution < 1.29 is 28.6 Å². The summed E-state index contributed by atoms with van der Waals surface area (Å²) < 4.78 is 19.2. The Hall–Kier alpha value is -4.37. The first kappa shape index (κ1) is 37.9. The highest BCUT2D eigenvalue weighted by molar-refractivity contribution is 7.11. The number of hydrogen-bond donors (Lipinski definition) is 2.